The van der Waals surface area contributed by atoms with Gasteiger partial charge in [-0.1, -0.05) is 29.8 Å². The fourth-order valence-electron chi connectivity index (χ4n) is 2.28. The van der Waals surface area contributed by atoms with Crippen LogP contribution in [-0.4, -0.2) is 24.7 Å². The van der Waals surface area contributed by atoms with Crippen molar-refractivity contribution >= 4 is 17.5 Å². The number of aryl methyl sites for hydroxylation is 2. The van der Waals surface area contributed by atoms with Crippen LogP contribution in [0.3, 0.4) is 0 Å². The van der Waals surface area contributed by atoms with E-state index in [4.69, 9.17) is 21.1 Å². The van der Waals surface area contributed by atoms with Crippen molar-refractivity contribution in [2.45, 2.75) is 39.8 Å². The summed E-state index contributed by atoms with van der Waals surface area (Å²) in [6.45, 7) is 7.89. The van der Waals surface area contributed by atoms with Gasteiger partial charge in [0.15, 0.2) is 6.10 Å². The van der Waals surface area contributed by atoms with Gasteiger partial charge in [0.05, 0.1) is 6.04 Å². The van der Waals surface area contributed by atoms with Crippen LogP contribution in [0.25, 0.3) is 0 Å². The first-order valence-corrected chi connectivity index (χ1v) is 8.66. The van der Waals surface area contributed by atoms with Crippen LogP contribution in [0.5, 0.6) is 11.5 Å². The van der Waals surface area contributed by atoms with Crippen molar-refractivity contribution in [3.05, 3.63) is 58.6 Å². The van der Waals surface area contributed by atoms with E-state index < -0.39 is 6.10 Å². The molecule has 0 aliphatic heterocycles. The molecule has 5 heteroatoms. The maximum absolute atomic E-state index is 12.3. The number of benzene rings is 2. The van der Waals surface area contributed by atoms with E-state index in [2.05, 4.69) is 5.32 Å². The second kappa shape index (κ2) is 8.77. The summed E-state index contributed by atoms with van der Waals surface area (Å²) in [5.41, 5.74) is 1.97. The van der Waals surface area contributed by atoms with Gasteiger partial charge in [-0.2, -0.15) is 0 Å². The van der Waals surface area contributed by atoms with Gasteiger partial charge in [0.25, 0.3) is 5.91 Å². The minimum Gasteiger partial charge on any atom is -0.491 e. The average Bonchev–Trinajstić information content (AvgIpc) is 2.57. The van der Waals surface area contributed by atoms with Crippen LogP contribution in [0.15, 0.2) is 42.5 Å². The number of ether oxygens (including phenoxy) is 2. The molecule has 0 spiro atoms. The first-order chi connectivity index (χ1) is 11.9. The Morgan fingerprint density at radius 1 is 1.12 bits per heavy atom. The molecule has 0 aliphatic carbocycles. The monoisotopic (exact) mass is 361 g/mol. The summed E-state index contributed by atoms with van der Waals surface area (Å²) in [6.07, 6.45) is -0.610. The minimum atomic E-state index is -0.610. The predicted octanol–water partition coefficient (Wildman–Crippen LogP) is 4.31. The maximum atomic E-state index is 12.3. The first-order valence-electron chi connectivity index (χ1n) is 8.28. The lowest BCUT2D eigenvalue weighted by atomic mass is 10.2. The highest BCUT2D eigenvalue weighted by atomic mass is 35.5. The smallest absolute Gasteiger partial charge is 0.261 e. The zero-order chi connectivity index (χ0) is 18.4. The summed E-state index contributed by atoms with van der Waals surface area (Å²) in [5.74, 6) is 1.26. The first kappa shape index (κ1) is 19.1. The lowest BCUT2D eigenvalue weighted by molar-refractivity contribution is -0.128. The third kappa shape index (κ3) is 5.68. The highest BCUT2D eigenvalue weighted by Gasteiger charge is 2.17. The molecule has 0 saturated carbocycles. The summed E-state index contributed by atoms with van der Waals surface area (Å²) in [7, 11) is 0. The Bertz CT molecular complexity index is 733. The highest BCUT2D eigenvalue weighted by Crippen LogP contribution is 2.22. The van der Waals surface area contributed by atoms with E-state index in [1.54, 1.807) is 19.1 Å². The topological polar surface area (TPSA) is 47.6 Å². The number of carbonyl (C=O) groups is 1. The van der Waals surface area contributed by atoms with E-state index in [1.165, 1.54) is 0 Å². The molecule has 2 aromatic rings. The second-order valence-electron chi connectivity index (χ2n) is 6.16. The highest BCUT2D eigenvalue weighted by molar-refractivity contribution is 6.31. The SMILES string of the molecule is Cc1cc(OC(C)C(=O)NC(C)COc2ccccc2C)ccc1Cl. The quantitative estimate of drug-likeness (QED) is 0.799. The number of hydrogen-bond acceptors (Lipinski definition) is 3. The van der Waals surface area contributed by atoms with Crippen LogP contribution < -0.4 is 14.8 Å². The van der Waals surface area contributed by atoms with Gasteiger partial charge in [-0.15, -0.1) is 0 Å². The molecule has 0 aromatic heterocycles. The van der Waals surface area contributed by atoms with Crippen LogP contribution in [0, 0.1) is 13.8 Å². The molecule has 25 heavy (non-hydrogen) atoms. The number of para-hydroxylation sites is 1. The van der Waals surface area contributed by atoms with Crippen LogP contribution in [0.1, 0.15) is 25.0 Å². The van der Waals surface area contributed by atoms with Crippen LogP contribution >= 0.6 is 11.6 Å². The molecule has 2 unspecified atom stereocenters. The molecule has 2 aromatic carbocycles. The summed E-state index contributed by atoms with van der Waals surface area (Å²) in [5, 5.41) is 3.57. The summed E-state index contributed by atoms with van der Waals surface area (Å²) in [6, 6.07) is 13.0. The number of hydrogen-bond donors (Lipinski definition) is 1. The Morgan fingerprint density at radius 2 is 1.84 bits per heavy atom. The number of amides is 1. The molecule has 0 saturated heterocycles. The van der Waals surface area contributed by atoms with E-state index in [1.807, 2.05) is 51.1 Å². The van der Waals surface area contributed by atoms with Crippen molar-refractivity contribution in [1.29, 1.82) is 0 Å². The Hall–Kier alpha value is -2.20. The Labute approximate surface area is 154 Å². The Morgan fingerprint density at radius 3 is 2.52 bits per heavy atom. The van der Waals surface area contributed by atoms with Crippen molar-refractivity contribution in [2.75, 3.05) is 6.61 Å². The van der Waals surface area contributed by atoms with Crippen molar-refractivity contribution in [2.24, 2.45) is 0 Å². The van der Waals surface area contributed by atoms with Gasteiger partial charge in [0, 0.05) is 5.02 Å². The lowest BCUT2D eigenvalue weighted by Gasteiger charge is -2.20. The average molecular weight is 362 g/mol. The lowest BCUT2D eigenvalue weighted by Crippen LogP contribution is -2.43. The largest absolute Gasteiger partial charge is 0.491 e. The van der Waals surface area contributed by atoms with Crippen LogP contribution in [0.2, 0.25) is 5.02 Å². The fraction of sp³-hybridized carbons (Fsp3) is 0.350. The van der Waals surface area contributed by atoms with E-state index in [0.29, 0.717) is 17.4 Å². The second-order valence-corrected chi connectivity index (χ2v) is 6.56. The van der Waals surface area contributed by atoms with Gasteiger partial charge >= 0.3 is 0 Å². The molecule has 0 aliphatic rings. The van der Waals surface area contributed by atoms with Gasteiger partial charge in [-0.05, 0) is 63.1 Å². The van der Waals surface area contributed by atoms with E-state index in [9.17, 15) is 4.79 Å². The minimum absolute atomic E-state index is 0.134. The van der Waals surface area contributed by atoms with Gasteiger partial charge in [-0.25, -0.2) is 0 Å². The molecule has 2 rings (SSSR count). The molecule has 134 valence electrons. The molecule has 0 radical (unpaired) electrons. The molecular weight excluding hydrogens is 338 g/mol. The van der Waals surface area contributed by atoms with Crippen LogP contribution in [-0.2, 0) is 4.79 Å². The van der Waals surface area contributed by atoms with Gasteiger partial charge in [-0.3, -0.25) is 4.79 Å². The Balaban J connectivity index is 1.83. The fourth-order valence-corrected chi connectivity index (χ4v) is 2.40. The standard InChI is InChI=1S/C20H24ClNO3/c1-13-7-5-6-8-19(13)24-12-15(3)22-20(23)16(4)25-17-9-10-18(21)14(2)11-17/h5-11,15-16H,12H2,1-4H3,(H,22,23). The number of nitrogens with one attached hydrogen (secondary N) is 1. The van der Waals surface area contributed by atoms with Crippen molar-refractivity contribution in [3.63, 3.8) is 0 Å². The van der Waals surface area contributed by atoms with Gasteiger partial charge < -0.3 is 14.8 Å². The molecule has 1 N–H and O–H groups in total. The molecule has 0 fully saturated rings. The third-order valence-corrected chi connectivity index (χ3v) is 4.21. The zero-order valence-electron chi connectivity index (χ0n) is 15.0. The number of rotatable bonds is 7. The third-order valence-electron chi connectivity index (χ3n) is 3.78. The predicted molar refractivity (Wildman–Crippen MR) is 101 cm³/mol. The van der Waals surface area contributed by atoms with Crippen molar-refractivity contribution < 1.29 is 14.3 Å². The summed E-state index contributed by atoms with van der Waals surface area (Å²) < 4.78 is 11.4. The molecular formula is C20H24ClNO3. The molecule has 2 atom stereocenters. The zero-order valence-corrected chi connectivity index (χ0v) is 15.8. The normalized spacial score (nSPS) is 13.0. The molecule has 0 bridgehead atoms. The van der Waals surface area contributed by atoms with Gasteiger partial charge in [0.1, 0.15) is 18.1 Å². The molecule has 1 amide bonds. The van der Waals surface area contributed by atoms with Crippen LogP contribution in [0.4, 0.5) is 0 Å². The van der Waals surface area contributed by atoms with E-state index in [-0.39, 0.29) is 11.9 Å². The number of halogens is 1. The van der Waals surface area contributed by atoms with Crippen molar-refractivity contribution in [1.82, 2.24) is 5.32 Å². The van der Waals surface area contributed by atoms with Gasteiger partial charge in [0.2, 0.25) is 0 Å². The molecule has 4 nitrogen and oxygen atoms in total. The summed E-state index contributed by atoms with van der Waals surface area (Å²) >= 11 is 6.00. The van der Waals surface area contributed by atoms with E-state index in [0.717, 1.165) is 16.9 Å². The van der Waals surface area contributed by atoms with E-state index >= 15 is 0 Å². The Kier molecular flexibility index (Phi) is 6.71. The number of carbonyl (C=O) groups excluding carboxylic acids is 1. The van der Waals surface area contributed by atoms with Crippen molar-refractivity contribution in [3.8, 4) is 11.5 Å². The molecule has 0 heterocycles. The summed E-state index contributed by atoms with van der Waals surface area (Å²) in [4.78, 5) is 12.3. The maximum Gasteiger partial charge on any atom is 0.261 e.